The van der Waals surface area contributed by atoms with E-state index in [2.05, 4.69) is 4.74 Å². The normalized spacial score (nSPS) is 46.0. The first-order chi connectivity index (χ1) is 5.95. The molecule has 76 valence electrons. The summed E-state index contributed by atoms with van der Waals surface area (Å²) in [5.41, 5.74) is 0. The van der Waals surface area contributed by atoms with Crippen LogP contribution in [0.1, 0.15) is 0 Å². The number of alkyl halides is 1. The van der Waals surface area contributed by atoms with Gasteiger partial charge in [-0.1, -0.05) is 0 Å². The number of hydrogen-bond acceptors (Lipinski definition) is 5. The van der Waals surface area contributed by atoms with Crippen molar-refractivity contribution >= 4 is 5.97 Å². The van der Waals surface area contributed by atoms with Crippen LogP contribution in [0.3, 0.4) is 0 Å². The van der Waals surface area contributed by atoms with Gasteiger partial charge in [0, 0.05) is 0 Å². The summed E-state index contributed by atoms with van der Waals surface area (Å²) in [6.45, 7) is 0. The van der Waals surface area contributed by atoms with E-state index in [-0.39, 0.29) is 0 Å². The summed E-state index contributed by atoms with van der Waals surface area (Å²) in [5.74, 6) is -1.60. The molecule has 0 spiro atoms. The molecule has 5 atom stereocenters. The van der Waals surface area contributed by atoms with Gasteiger partial charge in [-0.05, 0) is 0 Å². The van der Waals surface area contributed by atoms with Crippen LogP contribution in [-0.4, -0.2) is 57.2 Å². The Morgan fingerprint density at radius 2 is 1.69 bits per heavy atom. The van der Waals surface area contributed by atoms with Crippen LogP contribution in [0, 0.1) is 0 Å². The van der Waals surface area contributed by atoms with Crippen LogP contribution < -0.4 is 0 Å². The van der Waals surface area contributed by atoms with Gasteiger partial charge in [-0.3, -0.25) is 0 Å². The lowest BCUT2D eigenvalue weighted by atomic mass is 10.00. The molecular weight excluding hydrogens is 187 g/mol. The van der Waals surface area contributed by atoms with Crippen LogP contribution in [0.4, 0.5) is 4.39 Å². The molecule has 1 aliphatic rings. The molecule has 1 rings (SSSR count). The summed E-state index contributed by atoms with van der Waals surface area (Å²) in [4.78, 5) is 10.3. The highest BCUT2D eigenvalue weighted by molar-refractivity contribution is 5.73. The fourth-order valence-electron chi connectivity index (χ4n) is 1.04. The van der Waals surface area contributed by atoms with E-state index in [4.69, 9.17) is 20.4 Å². The van der Waals surface area contributed by atoms with Crippen molar-refractivity contribution in [1.82, 2.24) is 0 Å². The van der Waals surface area contributed by atoms with E-state index in [1.807, 2.05) is 0 Å². The summed E-state index contributed by atoms with van der Waals surface area (Å²) < 4.78 is 16.7. The van der Waals surface area contributed by atoms with Gasteiger partial charge >= 0.3 is 5.97 Å². The predicted molar refractivity (Wildman–Crippen MR) is 35.4 cm³/mol. The number of carboxylic acid groups (broad SMARTS) is 1. The Bertz CT molecular complexity index is 209. The first-order valence-corrected chi connectivity index (χ1v) is 3.51. The zero-order valence-corrected chi connectivity index (χ0v) is 6.37. The maximum Gasteiger partial charge on any atom is 0.335 e. The molecule has 0 bridgehead atoms. The standard InChI is InChI=1S/C6H9FO6/c7-5-3(10)1(8)2(9)4(13-5)6(11)12/h1-5,8-10H,(H,11,12)/t1-,2-,3+,4-,5-/m0/s1. The Kier molecular flexibility index (Phi) is 2.81. The van der Waals surface area contributed by atoms with Crippen molar-refractivity contribution < 1.29 is 34.3 Å². The average molecular weight is 196 g/mol. The van der Waals surface area contributed by atoms with Crippen molar-refractivity contribution in [3.05, 3.63) is 0 Å². The van der Waals surface area contributed by atoms with Crippen molar-refractivity contribution in [2.24, 2.45) is 0 Å². The lowest BCUT2D eigenvalue weighted by Crippen LogP contribution is -2.58. The molecule has 1 fully saturated rings. The highest BCUT2D eigenvalue weighted by Crippen LogP contribution is 2.21. The van der Waals surface area contributed by atoms with Crippen molar-refractivity contribution in [2.45, 2.75) is 30.8 Å². The molecule has 0 radical (unpaired) electrons. The third-order valence-electron chi connectivity index (χ3n) is 1.80. The number of ether oxygens (including phenoxy) is 1. The van der Waals surface area contributed by atoms with Crippen LogP contribution in [0.5, 0.6) is 0 Å². The fraction of sp³-hybridized carbons (Fsp3) is 0.833. The zero-order valence-electron chi connectivity index (χ0n) is 6.37. The molecule has 4 N–H and O–H groups in total. The Balaban J connectivity index is 2.76. The van der Waals surface area contributed by atoms with Gasteiger partial charge in [0.1, 0.15) is 18.3 Å². The second-order valence-corrected chi connectivity index (χ2v) is 2.72. The Hall–Kier alpha value is -0.760. The summed E-state index contributed by atoms with van der Waals surface area (Å²) in [7, 11) is 0. The Labute approximate surface area is 72.2 Å². The second kappa shape index (κ2) is 3.54. The topological polar surface area (TPSA) is 107 Å². The average Bonchev–Trinajstić information content (AvgIpc) is 2.07. The zero-order chi connectivity index (χ0) is 10.2. The molecule has 0 amide bonds. The van der Waals surface area contributed by atoms with E-state index in [1.54, 1.807) is 0 Å². The minimum Gasteiger partial charge on any atom is -0.479 e. The summed E-state index contributed by atoms with van der Waals surface area (Å²) in [5, 5.41) is 35.2. The molecule has 0 saturated carbocycles. The molecule has 13 heavy (non-hydrogen) atoms. The van der Waals surface area contributed by atoms with E-state index in [0.717, 1.165) is 0 Å². The maximum atomic E-state index is 12.6. The number of carboxylic acids is 1. The number of rotatable bonds is 1. The molecule has 1 aliphatic heterocycles. The number of halogens is 1. The fourth-order valence-corrected chi connectivity index (χ4v) is 1.04. The number of aliphatic carboxylic acids is 1. The van der Waals surface area contributed by atoms with E-state index in [1.165, 1.54) is 0 Å². The second-order valence-electron chi connectivity index (χ2n) is 2.72. The van der Waals surface area contributed by atoms with Crippen LogP contribution in [0.15, 0.2) is 0 Å². The number of aliphatic hydroxyl groups excluding tert-OH is 3. The summed E-state index contributed by atoms with van der Waals surface area (Å²) in [6.07, 6.45) is -9.78. The molecule has 1 heterocycles. The Morgan fingerprint density at radius 3 is 2.15 bits per heavy atom. The molecule has 0 aliphatic carbocycles. The minimum absolute atomic E-state index is 1.60. The molecule has 0 aromatic rings. The van der Waals surface area contributed by atoms with Crippen molar-refractivity contribution in [1.29, 1.82) is 0 Å². The van der Waals surface area contributed by atoms with Gasteiger partial charge < -0.3 is 25.2 Å². The first kappa shape index (κ1) is 10.3. The van der Waals surface area contributed by atoms with Gasteiger partial charge in [-0.2, -0.15) is 0 Å². The third kappa shape index (κ3) is 1.78. The van der Waals surface area contributed by atoms with Gasteiger partial charge in [0.25, 0.3) is 0 Å². The number of hydrogen-bond donors (Lipinski definition) is 4. The number of aliphatic hydroxyl groups is 3. The molecule has 7 heteroatoms. The van der Waals surface area contributed by atoms with Gasteiger partial charge in [0.2, 0.25) is 6.36 Å². The number of carbonyl (C=O) groups is 1. The van der Waals surface area contributed by atoms with Gasteiger partial charge in [0.05, 0.1) is 0 Å². The summed E-state index contributed by atoms with van der Waals surface area (Å²) >= 11 is 0. The van der Waals surface area contributed by atoms with Gasteiger partial charge in [-0.15, -0.1) is 0 Å². The third-order valence-corrected chi connectivity index (χ3v) is 1.80. The molecule has 0 unspecified atom stereocenters. The van der Waals surface area contributed by atoms with Crippen molar-refractivity contribution in [3.8, 4) is 0 Å². The van der Waals surface area contributed by atoms with Crippen LogP contribution in [0.2, 0.25) is 0 Å². The van der Waals surface area contributed by atoms with Crippen LogP contribution in [0.25, 0.3) is 0 Å². The lowest BCUT2D eigenvalue weighted by Gasteiger charge is -2.34. The monoisotopic (exact) mass is 196 g/mol. The molecule has 0 aromatic heterocycles. The SMILES string of the molecule is O=C(O)[C@H]1O[C@H](F)[C@H](O)[C@@H](O)[C@@H]1O. The predicted octanol–water partition coefficient (Wildman–Crippen LogP) is -2.15. The van der Waals surface area contributed by atoms with E-state index >= 15 is 0 Å². The molecule has 0 aromatic carbocycles. The molecule has 6 nitrogen and oxygen atoms in total. The van der Waals surface area contributed by atoms with Gasteiger partial charge in [0.15, 0.2) is 6.10 Å². The lowest BCUT2D eigenvalue weighted by molar-refractivity contribution is -0.257. The smallest absolute Gasteiger partial charge is 0.335 e. The van der Waals surface area contributed by atoms with Crippen molar-refractivity contribution in [3.63, 3.8) is 0 Å². The van der Waals surface area contributed by atoms with Crippen LogP contribution in [-0.2, 0) is 9.53 Å². The first-order valence-electron chi connectivity index (χ1n) is 3.51. The highest BCUT2D eigenvalue weighted by Gasteiger charge is 2.47. The largest absolute Gasteiger partial charge is 0.479 e. The minimum atomic E-state index is -2.31. The summed E-state index contributed by atoms with van der Waals surface area (Å²) in [6, 6.07) is 0. The van der Waals surface area contributed by atoms with Gasteiger partial charge in [-0.25, -0.2) is 9.18 Å². The maximum absolute atomic E-state index is 12.6. The highest BCUT2D eigenvalue weighted by atomic mass is 19.1. The van der Waals surface area contributed by atoms with E-state index in [9.17, 15) is 9.18 Å². The quantitative estimate of drug-likeness (QED) is 0.381. The molecule has 1 saturated heterocycles. The van der Waals surface area contributed by atoms with E-state index < -0.39 is 36.7 Å². The van der Waals surface area contributed by atoms with E-state index in [0.29, 0.717) is 0 Å². The Morgan fingerprint density at radius 1 is 1.15 bits per heavy atom. The molecular formula is C6H9FO6. The van der Waals surface area contributed by atoms with Crippen molar-refractivity contribution in [2.75, 3.05) is 0 Å². The van der Waals surface area contributed by atoms with Crippen LogP contribution >= 0.6 is 0 Å².